The summed E-state index contributed by atoms with van der Waals surface area (Å²) in [6.07, 6.45) is 0.512. The summed E-state index contributed by atoms with van der Waals surface area (Å²) in [5.41, 5.74) is 1.44. The fourth-order valence-corrected chi connectivity index (χ4v) is 1.57. The van der Waals surface area contributed by atoms with Crippen LogP contribution in [0, 0.1) is 0 Å². The first-order valence-corrected chi connectivity index (χ1v) is 5.41. The fraction of sp³-hybridized carbons (Fsp3) is 0.333. The van der Waals surface area contributed by atoms with Crippen LogP contribution in [0.4, 0.5) is 5.69 Å². The molecule has 1 aromatic carbocycles. The van der Waals surface area contributed by atoms with Crippen LogP contribution in [-0.4, -0.2) is 47.0 Å². The molecule has 0 atom stereocenters. The van der Waals surface area contributed by atoms with E-state index in [0.717, 1.165) is 5.56 Å². The van der Waals surface area contributed by atoms with Gasteiger partial charge in [-0.3, -0.25) is 9.59 Å². The molecule has 0 aliphatic carbocycles. The maximum Gasteiger partial charge on any atom is 0.323 e. The smallest absolute Gasteiger partial charge is 0.323 e. The Morgan fingerprint density at radius 3 is 1.89 bits per heavy atom. The van der Waals surface area contributed by atoms with Crippen LogP contribution in [0.25, 0.3) is 0 Å². The molecule has 0 saturated heterocycles. The van der Waals surface area contributed by atoms with Crippen LogP contribution in [-0.2, 0) is 16.0 Å². The van der Waals surface area contributed by atoms with Gasteiger partial charge >= 0.3 is 11.9 Å². The van der Waals surface area contributed by atoms with E-state index in [-0.39, 0.29) is 19.7 Å². The van der Waals surface area contributed by atoms with E-state index in [1.54, 1.807) is 24.3 Å². The molecule has 1 aromatic rings. The van der Waals surface area contributed by atoms with Crippen LogP contribution < -0.4 is 4.90 Å². The summed E-state index contributed by atoms with van der Waals surface area (Å²) in [5, 5.41) is 26.2. The maximum absolute atomic E-state index is 10.7. The normalized spacial score (nSPS) is 10.1. The Kier molecular flexibility index (Phi) is 5.13. The minimum absolute atomic E-state index is 0.0350. The van der Waals surface area contributed by atoms with Crippen LogP contribution in [0.3, 0.4) is 0 Å². The number of carboxylic acids is 2. The van der Waals surface area contributed by atoms with Gasteiger partial charge in [0.15, 0.2) is 0 Å². The molecule has 0 radical (unpaired) electrons. The predicted octanol–water partition coefficient (Wildman–Crippen LogP) is 0.197. The minimum atomic E-state index is -1.09. The highest BCUT2D eigenvalue weighted by Crippen LogP contribution is 2.15. The number of hydrogen-bond donors (Lipinski definition) is 3. The zero-order valence-electron chi connectivity index (χ0n) is 9.74. The number of aliphatic hydroxyl groups excluding tert-OH is 1. The number of aliphatic hydroxyl groups is 1. The van der Waals surface area contributed by atoms with Crippen molar-refractivity contribution >= 4 is 17.6 Å². The second-order valence-corrected chi connectivity index (χ2v) is 3.78. The van der Waals surface area contributed by atoms with E-state index < -0.39 is 11.9 Å². The van der Waals surface area contributed by atoms with Crippen molar-refractivity contribution in [2.75, 3.05) is 24.6 Å². The Morgan fingerprint density at radius 1 is 1.00 bits per heavy atom. The molecule has 6 nitrogen and oxygen atoms in total. The van der Waals surface area contributed by atoms with Gasteiger partial charge < -0.3 is 20.2 Å². The second-order valence-electron chi connectivity index (χ2n) is 3.78. The van der Waals surface area contributed by atoms with Crippen molar-refractivity contribution in [3.8, 4) is 0 Å². The molecule has 0 aromatic heterocycles. The third-order valence-corrected chi connectivity index (χ3v) is 2.35. The molecule has 18 heavy (non-hydrogen) atoms. The lowest BCUT2D eigenvalue weighted by molar-refractivity contribution is -0.136. The number of rotatable bonds is 7. The van der Waals surface area contributed by atoms with Gasteiger partial charge in [-0.05, 0) is 24.1 Å². The largest absolute Gasteiger partial charge is 0.480 e. The van der Waals surface area contributed by atoms with Crippen LogP contribution in [0.5, 0.6) is 0 Å². The maximum atomic E-state index is 10.7. The van der Waals surface area contributed by atoms with Crippen molar-refractivity contribution < 1.29 is 24.9 Å². The summed E-state index contributed by atoms with van der Waals surface area (Å²) < 4.78 is 0. The summed E-state index contributed by atoms with van der Waals surface area (Å²) >= 11 is 0. The zero-order valence-corrected chi connectivity index (χ0v) is 9.74. The number of benzene rings is 1. The Balaban J connectivity index is 2.83. The molecule has 0 aliphatic rings. The highest BCUT2D eigenvalue weighted by Gasteiger charge is 2.13. The molecular weight excluding hydrogens is 238 g/mol. The van der Waals surface area contributed by atoms with Crippen molar-refractivity contribution in [3.63, 3.8) is 0 Å². The predicted molar refractivity (Wildman–Crippen MR) is 64.7 cm³/mol. The van der Waals surface area contributed by atoms with Crippen molar-refractivity contribution in [2.45, 2.75) is 6.42 Å². The van der Waals surface area contributed by atoms with E-state index in [4.69, 9.17) is 15.3 Å². The molecule has 0 saturated carbocycles. The summed E-state index contributed by atoms with van der Waals surface area (Å²) in [7, 11) is 0. The van der Waals surface area contributed by atoms with E-state index in [2.05, 4.69) is 0 Å². The Labute approximate surface area is 104 Å². The van der Waals surface area contributed by atoms with Crippen molar-refractivity contribution in [3.05, 3.63) is 29.8 Å². The molecule has 1 rings (SSSR count). The zero-order chi connectivity index (χ0) is 13.5. The van der Waals surface area contributed by atoms with Gasteiger partial charge in [0.05, 0.1) is 0 Å². The lowest BCUT2D eigenvalue weighted by Crippen LogP contribution is -2.34. The molecule has 0 bridgehead atoms. The van der Waals surface area contributed by atoms with Gasteiger partial charge in [-0.2, -0.15) is 0 Å². The first-order chi connectivity index (χ1) is 8.52. The third-order valence-electron chi connectivity index (χ3n) is 2.35. The lowest BCUT2D eigenvalue weighted by atomic mass is 10.1. The summed E-state index contributed by atoms with van der Waals surface area (Å²) in [6.45, 7) is -0.704. The molecule has 3 N–H and O–H groups in total. The Hall–Kier alpha value is -2.08. The van der Waals surface area contributed by atoms with Crippen LogP contribution in [0.1, 0.15) is 5.56 Å². The van der Waals surface area contributed by atoms with Gasteiger partial charge in [-0.15, -0.1) is 0 Å². The Morgan fingerprint density at radius 2 is 1.50 bits per heavy atom. The topological polar surface area (TPSA) is 98.1 Å². The average molecular weight is 253 g/mol. The molecule has 6 heteroatoms. The van der Waals surface area contributed by atoms with E-state index in [1.807, 2.05) is 0 Å². The van der Waals surface area contributed by atoms with Gasteiger partial charge in [0.25, 0.3) is 0 Å². The van der Waals surface area contributed by atoms with Crippen molar-refractivity contribution in [1.82, 2.24) is 0 Å². The van der Waals surface area contributed by atoms with Crippen molar-refractivity contribution in [1.29, 1.82) is 0 Å². The first-order valence-electron chi connectivity index (χ1n) is 5.41. The summed E-state index contributed by atoms with van der Waals surface area (Å²) in [5.74, 6) is -2.17. The van der Waals surface area contributed by atoms with Crippen LogP contribution in [0.15, 0.2) is 24.3 Å². The highest BCUT2D eigenvalue weighted by atomic mass is 16.4. The lowest BCUT2D eigenvalue weighted by Gasteiger charge is -2.20. The van der Waals surface area contributed by atoms with Gasteiger partial charge in [0, 0.05) is 12.3 Å². The third kappa shape index (κ3) is 4.42. The summed E-state index contributed by atoms with van der Waals surface area (Å²) in [6, 6.07) is 6.78. The Bertz CT molecular complexity index is 399. The van der Waals surface area contributed by atoms with Crippen LogP contribution in [0.2, 0.25) is 0 Å². The molecular formula is C12H15NO5. The molecule has 98 valence electrons. The van der Waals surface area contributed by atoms with E-state index in [0.29, 0.717) is 12.1 Å². The number of nitrogens with zero attached hydrogens (tertiary/aromatic N) is 1. The number of hydrogen-bond acceptors (Lipinski definition) is 4. The molecule has 0 unspecified atom stereocenters. The number of carboxylic acid groups (broad SMARTS) is 2. The molecule has 0 spiro atoms. The van der Waals surface area contributed by atoms with Gasteiger partial charge in [-0.25, -0.2) is 0 Å². The molecule has 0 fully saturated rings. The fourth-order valence-electron chi connectivity index (χ4n) is 1.57. The van der Waals surface area contributed by atoms with E-state index >= 15 is 0 Å². The molecule has 0 amide bonds. The highest BCUT2D eigenvalue weighted by molar-refractivity contribution is 5.79. The number of carbonyl (C=O) groups is 2. The van der Waals surface area contributed by atoms with Gasteiger partial charge in [0.1, 0.15) is 13.1 Å². The van der Waals surface area contributed by atoms with Gasteiger partial charge in [-0.1, -0.05) is 12.1 Å². The second kappa shape index (κ2) is 6.61. The van der Waals surface area contributed by atoms with E-state index in [9.17, 15) is 9.59 Å². The minimum Gasteiger partial charge on any atom is -0.480 e. The monoisotopic (exact) mass is 253 g/mol. The standard InChI is InChI=1S/C12H15NO5/c14-6-5-9-1-3-10(4-2-9)13(7-11(15)16)8-12(17)18/h1-4,14H,5-8H2,(H,15,16)(H,17,18). The molecule has 0 aliphatic heterocycles. The molecule has 0 heterocycles. The van der Waals surface area contributed by atoms with Crippen molar-refractivity contribution in [2.24, 2.45) is 0 Å². The average Bonchev–Trinajstić information content (AvgIpc) is 2.28. The quantitative estimate of drug-likeness (QED) is 0.642. The number of aliphatic carboxylic acids is 2. The van der Waals surface area contributed by atoms with Gasteiger partial charge in [0.2, 0.25) is 0 Å². The van der Waals surface area contributed by atoms with Crippen LogP contribution >= 0.6 is 0 Å². The number of anilines is 1. The summed E-state index contributed by atoms with van der Waals surface area (Å²) in [4.78, 5) is 22.6. The van der Waals surface area contributed by atoms with E-state index in [1.165, 1.54) is 4.90 Å². The first kappa shape index (κ1) is 14.0. The SMILES string of the molecule is O=C(O)CN(CC(=O)O)c1ccc(CCO)cc1.